The molecule has 0 aliphatic heterocycles. The number of benzene rings is 1. The molecule has 1 aromatic carbocycles. The lowest BCUT2D eigenvalue weighted by molar-refractivity contribution is 1.52. The summed E-state index contributed by atoms with van der Waals surface area (Å²) >= 11 is 5.72. The third-order valence-electron chi connectivity index (χ3n) is 1.53. The van der Waals surface area contributed by atoms with Gasteiger partial charge in [-0.2, -0.15) is 0 Å². The Morgan fingerprint density at radius 2 is 1.58 bits per heavy atom. The van der Waals surface area contributed by atoms with Gasteiger partial charge < -0.3 is 0 Å². The van der Waals surface area contributed by atoms with Crippen LogP contribution in [0, 0.1) is 3.57 Å². The number of hydrogen-bond donors (Lipinski definition) is 0. The van der Waals surface area contributed by atoms with Crippen LogP contribution in [0.2, 0.25) is 0 Å². The van der Waals surface area contributed by atoms with E-state index in [9.17, 15) is 0 Å². The molecular formula is C10H8BrI. The molecule has 2 heteroatoms. The first-order valence-electron chi connectivity index (χ1n) is 3.43. The smallest absolute Gasteiger partial charge is 0.0275 e. The quantitative estimate of drug-likeness (QED) is 0.706. The van der Waals surface area contributed by atoms with Crippen molar-refractivity contribution in [1.82, 2.24) is 0 Å². The lowest BCUT2D eigenvalue weighted by Crippen LogP contribution is -1.85. The van der Waals surface area contributed by atoms with Gasteiger partial charge in [0.15, 0.2) is 0 Å². The molecule has 62 valence electrons. The Balaban J connectivity index is 3.41. The second-order valence-electron chi connectivity index (χ2n) is 2.31. The summed E-state index contributed by atoms with van der Waals surface area (Å²) in [4.78, 5) is 0. The van der Waals surface area contributed by atoms with Gasteiger partial charge in [0.1, 0.15) is 0 Å². The summed E-state index contributed by atoms with van der Waals surface area (Å²) in [5.41, 5.74) is 2.28. The summed E-state index contributed by atoms with van der Waals surface area (Å²) in [6.07, 6.45) is 3.69. The average Bonchev–Trinajstić information content (AvgIpc) is 2.08. The van der Waals surface area contributed by atoms with Crippen molar-refractivity contribution >= 4 is 50.7 Å². The zero-order chi connectivity index (χ0) is 9.14. The van der Waals surface area contributed by atoms with Gasteiger partial charge in [-0.15, -0.1) is 0 Å². The average molecular weight is 335 g/mol. The van der Waals surface area contributed by atoms with Crippen LogP contribution in [0.15, 0.2) is 29.8 Å². The molecule has 0 aromatic heterocycles. The van der Waals surface area contributed by atoms with Gasteiger partial charge in [-0.05, 0) is 45.9 Å². The fourth-order valence-corrected chi connectivity index (χ4v) is 2.17. The van der Waals surface area contributed by atoms with Crippen LogP contribution < -0.4 is 0 Å². The van der Waals surface area contributed by atoms with Gasteiger partial charge in [-0.3, -0.25) is 0 Å². The lowest BCUT2D eigenvalue weighted by atomic mass is 10.1. The van der Waals surface area contributed by atoms with Crippen LogP contribution in [0.3, 0.4) is 0 Å². The summed E-state index contributed by atoms with van der Waals surface area (Å²) in [7, 11) is 0. The molecule has 0 aliphatic carbocycles. The van der Waals surface area contributed by atoms with Crippen LogP contribution in [0.1, 0.15) is 11.1 Å². The highest BCUT2D eigenvalue weighted by atomic mass is 127. The monoisotopic (exact) mass is 334 g/mol. The Kier molecular flexibility index (Phi) is 3.53. The van der Waals surface area contributed by atoms with Gasteiger partial charge in [0, 0.05) is 8.04 Å². The van der Waals surface area contributed by atoms with Gasteiger partial charge in [0.2, 0.25) is 0 Å². The highest BCUT2D eigenvalue weighted by molar-refractivity contribution is 14.1. The van der Waals surface area contributed by atoms with E-state index in [0.717, 1.165) is 15.6 Å². The topological polar surface area (TPSA) is 0 Å². The molecule has 0 atom stereocenters. The maximum absolute atomic E-state index is 3.75. The van der Waals surface area contributed by atoms with E-state index in [1.54, 1.807) is 0 Å². The maximum Gasteiger partial charge on any atom is 0.0275 e. The van der Waals surface area contributed by atoms with Gasteiger partial charge >= 0.3 is 0 Å². The summed E-state index contributed by atoms with van der Waals surface area (Å²) in [5.74, 6) is 0. The van der Waals surface area contributed by atoms with Gasteiger partial charge in [-0.25, -0.2) is 0 Å². The Labute approximate surface area is 94.6 Å². The van der Waals surface area contributed by atoms with E-state index >= 15 is 0 Å². The minimum Gasteiger partial charge on any atom is -0.0984 e. The minimum absolute atomic E-state index is 1.06. The molecule has 0 radical (unpaired) electrons. The van der Waals surface area contributed by atoms with Crippen molar-refractivity contribution in [2.75, 3.05) is 0 Å². The molecule has 0 fully saturated rings. The highest BCUT2D eigenvalue weighted by Crippen LogP contribution is 2.24. The van der Waals surface area contributed by atoms with Crippen LogP contribution in [-0.4, -0.2) is 0 Å². The third-order valence-corrected chi connectivity index (χ3v) is 3.24. The van der Waals surface area contributed by atoms with Gasteiger partial charge in [0.25, 0.3) is 0 Å². The molecule has 0 saturated carbocycles. The fourth-order valence-electron chi connectivity index (χ4n) is 0.929. The van der Waals surface area contributed by atoms with E-state index in [-0.39, 0.29) is 0 Å². The van der Waals surface area contributed by atoms with Crippen molar-refractivity contribution < 1.29 is 0 Å². The minimum atomic E-state index is 1.06. The van der Waals surface area contributed by atoms with Gasteiger partial charge in [-0.1, -0.05) is 41.2 Å². The predicted molar refractivity (Wildman–Crippen MR) is 67.0 cm³/mol. The number of hydrogen-bond acceptors (Lipinski definition) is 0. The summed E-state index contributed by atoms with van der Waals surface area (Å²) in [6, 6.07) is 4.09. The summed E-state index contributed by atoms with van der Waals surface area (Å²) in [5, 5.41) is 0. The van der Waals surface area contributed by atoms with Crippen LogP contribution in [0.5, 0.6) is 0 Å². The molecule has 0 amide bonds. The van der Waals surface area contributed by atoms with Crippen molar-refractivity contribution in [2.24, 2.45) is 0 Å². The van der Waals surface area contributed by atoms with E-state index < -0.39 is 0 Å². The molecule has 0 N–H and O–H groups in total. The van der Waals surface area contributed by atoms with Crippen molar-refractivity contribution in [3.05, 3.63) is 44.5 Å². The molecule has 0 bridgehead atoms. The predicted octanol–water partition coefficient (Wildman–Crippen LogP) is 4.34. The van der Waals surface area contributed by atoms with Crippen molar-refractivity contribution in [3.63, 3.8) is 0 Å². The van der Waals surface area contributed by atoms with Crippen molar-refractivity contribution in [1.29, 1.82) is 0 Å². The molecule has 0 saturated heterocycles. The van der Waals surface area contributed by atoms with E-state index in [0.29, 0.717) is 0 Å². The second-order valence-corrected chi connectivity index (χ2v) is 4.30. The van der Waals surface area contributed by atoms with Crippen molar-refractivity contribution in [3.8, 4) is 0 Å². The normalized spacial score (nSPS) is 9.50. The molecule has 0 spiro atoms. The Morgan fingerprint density at radius 3 is 1.92 bits per heavy atom. The number of halogens is 2. The summed E-state index contributed by atoms with van der Waals surface area (Å²) < 4.78 is 2.26. The SMILES string of the molecule is C=Cc1cc(Br)cc(C=C)c1I. The second kappa shape index (κ2) is 4.23. The van der Waals surface area contributed by atoms with E-state index in [1.165, 1.54) is 3.57 Å². The first-order valence-corrected chi connectivity index (χ1v) is 5.30. The lowest BCUT2D eigenvalue weighted by Gasteiger charge is -2.03. The van der Waals surface area contributed by atoms with Crippen LogP contribution in [0.25, 0.3) is 12.2 Å². The van der Waals surface area contributed by atoms with E-state index in [4.69, 9.17) is 0 Å². The Morgan fingerprint density at radius 1 is 1.17 bits per heavy atom. The molecule has 0 aliphatic rings. The maximum atomic E-state index is 3.75. The fraction of sp³-hybridized carbons (Fsp3) is 0. The molecular weight excluding hydrogens is 327 g/mol. The zero-order valence-corrected chi connectivity index (χ0v) is 10.2. The summed E-state index contributed by atoms with van der Waals surface area (Å²) in [6.45, 7) is 7.50. The molecule has 1 rings (SSSR count). The zero-order valence-electron chi connectivity index (χ0n) is 6.48. The first-order chi connectivity index (χ1) is 5.69. The highest BCUT2D eigenvalue weighted by Gasteiger charge is 2.01. The molecule has 1 aromatic rings. The first kappa shape index (κ1) is 9.99. The Hall–Kier alpha value is -0.0900. The molecule has 0 nitrogen and oxygen atoms in total. The molecule has 12 heavy (non-hydrogen) atoms. The molecule has 0 heterocycles. The van der Waals surface area contributed by atoms with Gasteiger partial charge in [0.05, 0.1) is 0 Å². The number of rotatable bonds is 2. The Bertz CT molecular complexity index is 300. The van der Waals surface area contributed by atoms with Crippen molar-refractivity contribution in [2.45, 2.75) is 0 Å². The van der Waals surface area contributed by atoms with Crippen LogP contribution in [0.4, 0.5) is 0 Å². The van der Waals surface area contributed by atoms with Crippen LogP contribution in [-0.2, 0) is 0 Å². The van der Waals surface area contributed by atoms with E-state index in [1.807, 2.05) is 24.3 Å². The van der Waals surface area contributed by atoms with E-state index in [2.05, 4.69) is 51.7 Å². The largest absolute Gasteiger partial charge is 0.0984 e. The van der Waals surface area contributed by atoms with Crippen LogP contribution >= 0.6 is 38.5 Å². The third kappa shape index (κ3) is 1.98. The molecule has 0 unspecified atom stereocenters. The standard InChI is InChI=1S/C10H8BrI/c1-3-7-5-9(11)6-8(4-2)10(7)12/h3-6H,1-2H2.